The Hall–Kier alpha value is -2.02. The molecule has 1 saturated heterocycles. The van der Waals surface area contributed by atoms with Crippen LogP contribution in [0.15, 0.2) is 24.3 Å². The fourth-order valence-corrected chi connectivity index (χ4v) is 2.90. The van der Waals surface area contributed by atoms with Crippen molar-refractivity contribution in [1.29, 1.82) is 0 Å². The molecule has 4 nitrogen and oxygen atoms in total. The lowest BCUT2D eigenvalue weighted by Crippen LogP contribution is -2.53. The molecular weight excluding hydrogens is 285 g/mol. The summed E-state index contributed by atoms with van der Waals surface area (Å²) >= 11 is 0. The number of H-pyrrole nitrogens is 1. The number of halogens is 3. The van der Waals surface area contributed by atoms with E-state index in [2.05, 4.69) is 4.98 Å². The van der Waals surface area contributed by atoms with Gasteiger partial charge in [0.25, 0.3) is 0 Å². The van der Waals surface area contributed by atoms with Crippen molar-refractivity contribution in [2.75, 3.05) is 0 Å². The first-order valence-corrected chi connectivity index (χ1v) is 6.41. The number of aromatic nitrogens is 1. The van der Waals surface area contributed by atoms with Gasteiger partial charge >= 0.3 is 6.18 Å². The molecule has 21 heavy (non-hydrogen) atoms. The van der Waals surface area contributed by atoms with Crippen LogP contribution >= 0.6 is 0 Å². The van der Waals surface area contributed by atoms with E-state index in [0.717, 1.165) is 5.52 Å². The zero-order chi connectivity index (χ0) is 15.4. The maximum atomic E-state index is 12.9. The highest BCUT2D eigenvalue weighted by molar-refractivity contribution is 5.94. The number of hydrogen-bond donors (Lipinski definition) is 3. The molecule has 1 fully saturated rings. The van der Waals surface area contributed by atoms with Crippen LogP contribution in [0.4, 0.5) is 13.2 Å². The number of aliphatic hydroxyl groups is 1. The topological polar surface area (TPSA) is 65.1 Å². The fraction of sp³-hybridized carbons (Fsp3) is 0.357. The molecule has 0 radical (unpaired) electrons. The molecule has 2 aromatic rings. The Balaban J connectivity index is 2.08. The van der Waals surface area contributed by atoms with Gasteiger partial charge in [0, 0.05) is 23.0 Å². The fourth-order valence-electron chi connectivity index (χ4n) is 2.90. The predicted octanol–water partition coefficient (Wildman–Crippen LogP) is 2.33. The van der Waals surface area contributed by atoms with Gasteiger partial charge in [-0.15, -0.1) is 0 Å². The third-order valence-electron chi connectivity index (χ3n) is 3.91. The number of carbonyl (C=O) groups is 1. The Morgan fingerprint density at radius 2 is 2.00 bits per heavy atom. The van der Waals surface area contributed by atoms with E-state index in [0.29, 0.717) is 16.6 Å². The van der Waals surface area contributed by atoms with Crippen molar-refractivity contribution in [1.82, 2.24) is 10.3 Å². The first-order chi connectivity index (χ1) is 9.73. The highest BCUT2D eigenvalue weighted by Gasteiger charge is 2.61. The molecule has 1 amide bonds. The van der Waals surface area contributed by atoms with Crippen LogP contribution in [0.1, 0.15) is 23.6 Å². The Labute approximate surface area is 118 Å². The molecular formula is C14H13F3N2O2. The third kappa shape index (κ3) is 1.99. The second kappa shape index (κ2) is 4.24. The third-order valence-corrected chi connectivity index (χ3v) is 3.91. The first kappa shape index (κ1) is 13.9. The lowest BCUT2D eigenvalue weighted by atomic mass is 9.92. The summed E-state index contributed by atoms with van der Waals surface area (Å²) in [6, 6.07) is 7.08. The minimum atomic E-state index is -4.91. The molecule has 0 unspecified atom stereocenters. The maximum absolute atomic E-state index is 12.9. The normalized spacial score (nSPS) is 26.3. The van der Waals surface area contributed by atoms with Gasteiger partial charge in [0.2, 0.25) is 11.6 Å². The van der Waals surface area contributed by atoms with Gasteiger partial charge in [0.15, 0.2) is 0 Å². The lowest BCUT2D eigenvalue weighted by Gasteiger charge is -2.25. The highest BCUT2D eigenvalue weighted by Crippen LogP contribution is 2.43. The number of nitrogens with one attached hydrogen (secondary N) is 2. The van der Waals surface area contributed by atoms with Crippen LogP contribution in [-0.2, 0) is 4.79 Å². The van der Waals surface area contributed by atoms with Crippen LogP contribution in [0.25, 0.3) is 10.9 Å². The smallest absolute Gasteiger partial charge is 0.363 e. The van der Waals surface area contributed by atoms with Crippen molar-refractivity contribution in [3.05, 3.63) is 35.5 Å². The molecule has 0 saturated carbocycles. The van der Waals surface area contributed by atoms with Gasteiger partial charge in [-0.1, -0.05) is 18.2 Å². The summed E-state index contributed by atoms with van der Waals surface area (Å²) in [5.74, 6) is -1.85. The van der Waals surface area contributed by atoms with Gasteiger partial charge in [-0.25, -0.2) is 0 Å². The summed E-state index contributed by atoms with van der Waals surface area (Å²) in [6.45, 7) is 1.70. The molecule has 1 aromatic heterocycles. The second-order valence-electron chi connectivity index (χ2n) is 5.31. The molecule has 2 atom stereocenters. The summed E-state index contributed by atoms with van der Waals surface area (Å²) in [5.41, 5.74) is -1.29. The zero-order valence-electron chi connectivity index (χ0n) is 11.1. The quantitative estimate of drug-likeness (QED) is 0.756. The van der Waals surface area contributed by atoms with E-state index in [1.807, 2.05) is 0 Å². The minimum absolute atomic E-state index is 0.503. The number of rotatable bonds is 1. The van der Waals surface area contributed by atoms with E-state index in [-0.39, 0.29) is 0 Å². The number of fused-ring (bicyclic) bond motifs is 1. The molecule has 0 aliphatic carbocycles. The summed E-state index contributed by atoms with van der Waals surface area (Å²) in [5, 5.41) is 12.0. The Kier molecular flexibility index (Phi) is 2.81. The maximum Gasteiger partial charge on any atom is 0.436 e. The SMILES string of the molecule is Cc1[nH]c2ccccc2c1[C@@H]1C[C@@](O)(C(F)(F)F)NC1=O. The number of hydrogen-bond acceptors (Lipinski definition) is 2. The highest BCUT2D eigenvalue weighted by atomic mass is 19.4. The Bertz CT molecular complexity index is 723. The molecule has 1 aliphatic rings. The van der Waals surface area contributed by atoms with E-state index >= 15 is 0 Å². The largest absolute Gasteiger partial charge is 0.436 e. The molecule has 0 bridgehead atoms. The standard InChI is InChI=1S/C14H13F3N2O2/c1-7-11(8-4-2-3-5-10(8)18-7)9-6-13(21,14(15,16)17)19-12(9)20/h2-5,9,18,21H,6H2,1H3,(H,19,20)/t9-,13+/m0/s1. The number of aromatic amines is 1. The molecule has 7 heteroatoms. The van der Waals surface area contributed by atoms with Crippen LogP contribution in [0.2, 0.25) is 0 Å². The van der Waals surface area contributed by atoms with E-state index < -0.39 is 30.1 Å². The van der Waals surface area contributed by atoms with E-state index in [1.54, 1.807) is 36.5 Å². The van der Waals surface area contributed by atoms with Crippen LogP contribution in [0.5, 0.6) is 0 Å². The zero-order valence-corrected chi connectivity index (χ0v) is 11.1. The molecule has 3 rings (SSSR count). The van der Waals surface area contributed by atoms with Gasteiger partial charge in [-0.3, -0.25) is 4.79 Å². The number of carbonyl (C=O) groups excluding carboxylic acids is 1. The van der Waals surface area contributed by atoms with Gasteiger partial charge < -0.3 is 15.4 Å². The predicted molar refractivity (Wildman–Crippen MR) is 69.5 cm³/mol. The second-order valence-corrected chi connectivity index (χ2v) is 5.31. The lowest BCUT2D eigenvalue weighted by molar-refractivity contribution is -0.266. The minimum Gasteiger partial charge on any atom is -0.363 e. The molecule has 112 valence electrons. The Morgan fingerprint density at radius 1 is 1.33 bits per heavy atom. The van der Waals surface area contributed by atoms with E-state index in [1.165, 1.54) is 0 Å². The monoisotopic (exact) mass is 298 g/mol. The molecule has 1 aliphatic heterocycles. The molecule has 3 N–H and O–H groups in total. The van der Waals surface area contributed by atoms with Crippen LogP contribution in [-0.4, -0.2) is 27.9 Å². The number of para-hydroxylation sites is 1. The molecule has 0 spiro atoms. The average molecular weight is 298 g/mol. The molecule has 1 aromatic carbocycles. The Morgan fingerprint density at radius 3 is 2.62 bits per heavy atom. The average Bonchev–Trinajstić information content (AvgIpc) is 2.85. The van der Waals surface area contributed by atoms with Crippen molar-refractivity contribution in [3.63, 3.8) is 0 Å². The van der Waals surface area contributed by atoms with Crippen molar-refractivity contribution in [2.45, 2.75) is 31.2 Å². The summed E-state index contributed by atoms with van der Waals surface area (Å²) in [4.78, 5) is 15.0. The van der Waals surface area contributed by atoms with Crippen molar-refractivity contribution in [2.24, 2.45) is 0 Å². The van der Waals surface area contributed by atoms with Crippen molar-refractivity contribution < 1.29 is 23.1 Å². The number of aryl methyl sites for hydroxylation is 1. The van der Waals surface area contributed by atoms with E-state index in [4.69, 9.17) is 0 Å². The number of amides is 1. The number of alkyl halides is 3. The van der Waals surface area contributed by atoms with Gasteiger partial charge in [0.1, 0.15) is 0 Å². The van der Waals surface area contributed by atoms with E-state index in [9.17, 15) is 23.1 Å². The summed E-state index contributed by atoms with van der Waals surface area (Å²) in [7, 11) is 0. The summed E-state index contributed by atoms with van der Waals surface area (Å²) in [6.07, 6.45) is -5.63. The van der Waals surface area contributed by atoms with Gasteiger partial charge in [-0.2, -0.15) is 13.2 Å². The number of benzene rings is 1. The summed E-state index contributed by atoms with van der Waals surface area (Å²) < 4.78 is 38.6. The van der Waals surface area contributed by atoms with Crippen molar-refractivity contribution in [3.8, 4) is 0 Å². The van der Waals surface area contributed by atoms with Crippen LogP contribution in [0, 0.1) is 6.92 Å². The first-order valence-electron chi connectivity index (χ1n) is 6.41. The van der Waals surface area contributed by atoms with Gasteiger partial charge in [0.05, 0.1) is 5.92 Å². The van der Waals surface area contributed by atoms with Crippen molar-refractivity contribution >= 4 is 16.8 Å². The van der Waals surface area contributed by atoms with Crippen LogP contribution in [0.3, 0.4) is 0 Å². The van der Waals surface area contributed by atoms with Crippen LogP contribution < -0.4 is 5.32 Å². The van der Waals surface area contributed by atoms with Gasteiger partial charge in [-0.05, 0) is 18.6 Å². The molecule has 2 heterocycles.